The first kappa shape index (κ1) is 26.7. The highest BCUT2D eigenvalue weighted by Gasteiger charge is 2.24. The van der Waals surface area contributed by atoms with Gasteiger partial charge in [-0.1, -0.05) is 48.5 Å². The Labute approximate surface area is 213 Å². The van der Waals surface area contributed by atoms with Gasteiger partial charge in [0.05, 0.1) is 25.7 Å². The second kappa shape index (κ2) is 11.7. The van der Waals surface area contributed by atoms with E-state index in [1.807, 2.05) is 62.6 Å². The average Bonchev–Trinajstić information content (AvgIpc) is 2.85. The Hall–Kier alpha value is -3.90. The van der Waals surface area contributed by atoms with Gasteiger partial charge in [0.2, 0.25) is 5.91 Å². The number of esters is 1. The first-order chi connectivity index (χ1) is 17.1. The first-order valence-corrected chi connectivity index (χ1v) is 11.8. The minimum atomic E-state index is -1.14. The summed E-state index contributed by atoms with van der Waals surface area (Å²) in [5, 5.41) is 10.3. The minimum Gasteiger partial charge on any atom is -0.466 e. The standard InChI is InChI=1S/C30H34N2O4/c1-30(2,35)20-28(33)32(27-8-6-7-22(19-27)11-18-29(34)36-5)21-23-9-12-24(13-10-23)25-14-16-26(17-15-25)31(3)4/h6-19,35H,20-21H2,1-5H3/b18-11+. The molecule has 0 aliphatic carbocycles. The SMILES string of the molecule is COC(=O)/C=C/c1cccc(N(Cc2ccc(-c3ccc(N(C)C)cc3)cc2)C(=O)CC(C)(C)O)c1. The second-order valence-electron chi connectivity index (χ2n) is 9.56. The van der Waals surface area contributed by atoms with Crippen LogP contribution in [0.15, 0.2) is 78.9 Å². The molecule has 0 spiro atoms. The van der Waals surface area contributed by atoms with E-state index >= 15 is 0 Å². The zero-order valence-corrected chi connectivity index (χ0v) is 21.6. The van der Waals surface area contributed by atoms with E-state index in [1.54, 1.807) is 24.8 Å². The van der Waals surface area contributed by atoms with Crippen molar-refractivity contribution < 1.29 is 19.4 Å². The molecular weight excluding hydrogens is 452 g/mol. The number of ether oxygens (including phenoxy) is 1. The number of benzene rings is 3. The molecule has 0 aliphatic heterocycles. The molecule has 6 nitrogen and oxygen atoms in total. The Morgan fingerprint density at radius 2 is 1.53 bits per heavy atom. The number of carbonyl (C=O) groups is 2. The number of nitrogens with zero attached hydrogens (tertiary/aromatic N) is 2. The Morgan fingerprint density at radius 1 is 0.917 bits per heavy atom. The van der Waals surface area contributed by atoms with E-state index in [2.05, 4.69) is 33.9 Å². The van der Waals surface area contributed by atoms with E-state index < -0.39 is 11.6 Å². The molecule has 0 atom stereocenters. The van der Waals surface area contributed by atoms with Gasteiger partial charge in [0.15, 0.2) is 0 Å². The van der Waals surface area contributed by atoms with Crippen LogP contribution in [0.1, 0.15) is 31.4 Å². The van der Waals surface area contributed by atoms with Crippen molar-refractivity contribution in [1.29, 1.82) is 0 Å². The van der Waals surface area contributed by atoms with Gasteiger partial charge in [-0.3, -0.25) is 4.79 Å². The van der Waals surface area contributed by atoms with Crippen molar-refractivity contribution in [3.05, 3.63) is 90.0 Å². The molecule has 0 aromatic heterocycles. The zero-order chi connectivity index (χ0) is 26.3. The van der Waals surface area contributed by atoms with E-state index in [0.717, 1.165) is 27.9 Å². The molecule has 0 saturated carbocycles. The molecule has 0 saturated heterocycles. The van der Waals surface area contributed by atoms with Crippen LogP contribution >= 0.6 is 0 Å². The van der Waals surface area contributed by atoms with Crippen LogP contribution in [0.4, 0.5) is 11.4 Å². The molecule has 188 valence electrons. The molecule has 6 heteroatoms. The fraction of sp³-hybridized carbons (Fsp3) is 0.267. The molecule has 0 bridgehead atoms. The highest BCUT2D eigenvalue weighted by atomic mass is 16.5. The number of aliphatic hydroxyl groups is 1. The van der Waals surface area contributed by atoms with Crippen LogP contribution < -0.4 is 9.80 Å². The van der Waals surface area contributed by atoms with Gasteiger partial charge in [-0.2, -0.15) is 0 Å². The van der Waals surface area contributed by atoms with Gasteiger partial charge in [0, 0.05) is 31.5 Å². The summed E-state index contributed by atoms with van der Waals surface area (Å²) in [7, 11) is 5.35. The predicted octanol–water partition coefficient (Wildman–Crippen LogP) is 5.30. The number of hydrogen-bond donors (Lipinski definition) is 1. The van der Waals surface area contributed by atoms with Crippen LogP contribution in [0, 0.1) is 0 Å². The lowest BCUT2D eigenvalue weighted by molar-refractivity contribution is -0.134. The Kier molecular flexibility index (Phi) is 8.67. The maximum Gasteiger partial charge on any atom is 0.330 e. The smallest absolute Gasteiger partial charge is 0.330 e. The summed E-state index contributed by atoms with van der Waals surface area (Å²) < 4.78 is 4.66. The quantitative estimate of drug-likeness (QED) is 0.328. The van der Waals surface area contributed by atoms with Gasteiger partial charge >= 0.3 is 5.97 Å². The van der Waals surface area contributed by atoms with E-state index in [9.17, 15) is 14.7 Å². The molecular formula is C30H34N2O4. The van der Waals surface area contributed by atoms with Crippen molar-refractivity contribution in [2.24, 2.45) is 0 Å². The number of hydrogen-bond acceptors (Lipinski definition) is 5. The molecule has 0 fully saturated rings. The summed E-state index contributed by atoms with van der Waals surface area (Å²) in [6.07, 6.45) is 2.96. The number of amides is 1. The van der Waals surface area contributed by atoms with Gasteiger partial charge in [0.1, 0.15) is 0 Å². The highest BCUT2D eigenvalue weighted by molar-refractivity contribution is 5.94. The Balaban J connectivity index is 1.86. The third-order valence-electron chi connectivity index (χ3n) is 5.69. The minimum absolute atomic E-state index is 0.0223. The van der Waals surface area contributed by atoms with Crippen LogP contribution in [0.2, 0.25) is 0 Å². The van der Waals surface area contributed by atoms with Crippen LogP contribution in [0.5, 0.6) is 0 Å². The predicted molar refractivity (Wildman–Crippen MR) is 146 cm³/mol. The second-order valence-corrected chi connectivity index (χ2v) is 9.56. The van der Waals surface area contributed by atoms with E-state index in [1.165, 1.54) is 13.2 Å². The monoisotopic (exact) mass is 486 g/mol. The lowest BCUT2D eigenvalue weighted by atomic mass is 10.0. The third kappa shape index (κ3) is 7.55. The van der Waals surface area contributed by atoms with E-state index in [4.69, 9.17) is 0 Å². The van der Waals surface area contributed by atoms with Gasteiger partial charge < -0.3 is 19.6 Å². The van der Waals surface area contributed by atoms with Crippen LogP contribution in [0.25, 0.3) is 17.2 Å². The third-order valence-corrected chi connectivity index (χ3v) is 5.69. The number of rotatable bonds is 9. The molecule has 0 aliphatic rings. The summed E-state index contributed by atoms with van der Waals surface area (Å²) in [6.45, 7) is 3.59. The van der Waals surface area contributed by atoms with Crippen molar-refractivity contribution in [2.45, 2.75) is 32.4 Å². The molecule has 36 heavy (non-hydrogen) atoms. The molecule has 0 heterocycles. The number of anilines is 2. The number of carbonyl (C=O) groups excluding carboxylic acids is 2. The average molecular weight is 487 g/mol. The fourth-order valence-electron chi connectivity index (χ4n) is 3.75. The Morgan fingerprint density at radius 3 is 2.08 bits per heavy atom. The number of methoxy groups -OCH3 is 1. The van der Waals surface area contributed by atoms with Crippen molar-refractivity contribution in [2.75, 3.05) is 31.0 Å². The molecule has 1 amide bonds. The summed E-state index contributed by atoms with van der Waals surface area (Å²) >= 11 is 0. The molecule has 3 rings (SSSR count). The molecule has 0 radical (unpaired) electrons. The summed E-state index contributed by atoms with van der Waals surface area (Å²) in [4.78, 5) is 28.4. The maximum atomic E-state index is 13.2. The Bertz CT molecular complexity index is 1210. The van der Waals surface area contributed by atoms with Crippen molar-refractivity contribution >= 4 is 29.3 Å². The van der Waals surface area contributed by atoms with Crippen LogP contribution in [0.3, 0.4) is 0 Å². The molecule has 0 unspecified atom stereocenters. The largest absolute Gasteiger partial charge is 0.466 e. The van der Waals surface area contributed by atoms with E-state index in [0.29, 0.717) is 12.2 Å². The summed E-state index contributed by atoms with van der Waals surface area (Å²) in [6, 6.07) is 23.8. The molecule has 3 aromatic rings. The van der Waals surface area contributed by atoms with Crippen LogP contribution in [-0.2, 0) is 20.9 Å². The molecule has 3 aromatic carbocycles. The van der Waals surface area contributed by atoms with Crippen molar-refractivity contribution in [3.8, 4) is 11.1 Å². The lowest BCUT2D eigenvalue weighted by Gasteiger charge is -2.27. The first-order valence-electron chi connectivity index (χ1n) is 11.8. The zero-order valence-electron chi connectivity index (χ0n) is 21.6. The van der Waals surface area contributed by atoms with Gasteiger partial charge in [-0.15, -0.1) is 0 Å². The van der Waals surface area contributed by atoms with Gasteiger partial charge in [-0.05, 0) is 66.4 Å². The van der Waals surface area contributed by atoms with Gasteiger partial charge in [-0.25, -0.2) is 4.79 Å². The highest BCUT2D eigenvalue weighted by Crippen LogP contribution is 2.26. The van der Waals surface area contributed by atoms with Crippen molar-refractivity contribution in [1.82, 2.24) is 0 Å². The summed E-state index contributed by atoms with van der Waals surface area (Å²) in [5.74, 6) is -0.647. The van der Waals surface area contributed by atoms with Crippen molar-refractivity contribution in [3.63, 3.8) is 0 Å². The summed E-state index contributed by atoms with van der Waals surface area (Å²) in [5.41, 5.74) is 4.61. The maximum absolute atomic E-state index is 13.2. The van der Waals surface area contributed by atoms with Crippen LogP contribution in [-0.4, -0.2) is 43.8 Å². The topological polar surface area (TPSA) is 70.1 Å². The van der Waals surface area contributed by atoms with E-state index in [-0.39, 0.29) is 12.3 Å². The fourth-order valence-corrected chi connectivity index (χ4v) is 3.75. The van der Waals surface area contributed by atoms with Gasteiger partial charge in [0.25, 0.3) is 0 Å². The molecule has 1 N–H and O–H groups in total. The normalized spacial score (nSPS) is 11.4. The lowest BCUT2D eigenvalue weighted by Crippen LogP contribution is -2.36.